The summed E-state index contributed by atoms with van der Waals surface area (Å²) in [6.07, 6.45) is 3.00. The third-order valence-corrected chi connectivity index (χ3v) is 4.18. The summed E-state index contributed by atoms with van der Waals surface area (Å²) in [4.78, 5) is 22.7. The van der Waals surface area contributed by atoms with Gasteiger partial charge in [0.15, 0.2) is 5.75 Å². The molecule has 0 saturated heterocycles. The van der Waals surface area contributed by atoms with Gasteiger partial charge in [0.05, 0.1) is 12.0 Å². The Hall–Kier alpha value is -4.13. The van der Waals surface area contributed by atoms with Crippen molar-refractivity contribution in [3.05, 3.63) is 100 Å². The van der Waals surface area contributed by atoms with Crippen LogP contribution < -0.4 is 14.8 Å². The molecule has 0 unspecified atom stereocenters. The van der Waals surface area contributed by atoms with Crippen molar-refractivity contribution in [2.75, 3.05) is 12.4 Å². The largest absolute Gasteiger partial charge is 0.490 e. The van der Waals surface area contributed by atoms with Gasteiger partial charge >= 0.3 is 5.69 Å². The molecule has 3 aromatic carbocycles. The molecule has 0 bridgehead atoms. The Labute approximate surface area is 173 Å². The topological polar surface area (TPSA) is 90.7 Å². The van der Waals surface area contributed by atoms with E-state index in [1.165, 1.54) is 31.4 Å². The highest BCUT2D eigenvalue weighted by molar-refractivity contribution is 6.02. The van der Waals surface area contributed by atoms with Gasteiger partial charge in [0.2, 0.25) is 5.91 Å². The van der Waals surface area contributed by atoms with E-state index < -0.39 is 10.8 Å². The van der Waals surface area contributed by atoms with Gasteiger partial charge in [0, 0.05) is 17.8 Å². The lowest BCUT2D eigenvalue weighted by atomic mass is 10.2. The first-order chi connectivity index (χ1) is 14.5. The fraction of sp³-hybridized carbons (Fsp3) is 0.0870. The van der Waals surface area contributed by atoms with Crippen LogP contribution in [0.2, 0.25) is 0 Å². The van der Waals surface area contributed by atoms with Gasteiger partial charge in [-0.25, -0.2) is 0 Å². The molecule has 3 rings (SSSR count). The average molecular weight is 404 g/mol. The number of nitro groups is 1. The lowest BCUT2D eigenvalue weighted by Gasteiger charge is -2.07. The monoisotopic (exact) mass is 404 g/mol. The second kappa shape index (κ2) is 9.88. The predicted molar refractivity (Wildman–Crippen MR) is 115 cm³/mol. The van der Waals surface area contributed by atoms with Crippen molar-refractivity contribution >= 4 is 23.4 Å². The zero-order valence-corrected chi connectivity index (χ0v) is 16.3. The lowest BCUT2D eigenvalue weighted by molar-refractivity contribution is -0.385. The summed E-state index contributed by atoms with van der Waals surface area (Å²) < 4.78 is 10.7. The number of hydrogen-bond acceptors (Lipinski definition) is 5. The molecule has 152 valence electrons. The van der Waals surface area contributed by atoms with Gasteiger partial charge < -0.3 is 14.8 Å². The SMILES string of the molecule is COc1ccc(NC(=O)/C=C/c2cccc(OCc3ccccc3)c2)cc1[N+](=O)[O-]. The minimum absolute atomic E-state index is 0.126. The molecule has 0 aliphatic rings. The van der Waals surface area contributed by atoms with E-state index in [2.05, 4.69) is 5.32 Å². The molecule has 1 N–H and O–H groups in total. The summed E-state index contributed by atoms with van der Waals surface area (Å²) in [5, 5.41) is 13.7. The van der Waals surface area contributed by atoms with Crippen molar-refractivity contribution in [2.24, 2.45) is 0 Å². The first kappa shape index (κ1) is 20.6. The first-order valence-electron chi connectivity index (χ1n) is 9.13. The molecule has 0 heterocycles. The molecule has 30 heavy (non-hydrogen) atoms. The summed E-state index contributed by atoms with van der Waals surface area (Å²) >= 11 is 0. The molecule has 0 saturated carbocycles. The Balaban J connectivity index is 1.62. The number of nitro benzene ring substituents is 1. The fourth-order valence-electron chi connectivity index (χ4n) is 2.72. The highest BCUT2D eigenvalue weighted by Crippen LogP contribution is 2.29. The van der Waals surface area contributed by atoms with Crippen molar-refractivity contribution in [1.82, 2.24) is 0 Å². The fourth-order valence-corrected chi connectivity index (χ4v) is 2.72. The molecule has 3 aromatic rings. The van der Waals surface area contributed by atoms with Crippen LogP contribution in [0.15, 0.2) is 78.9 Å². The highest BCUT2D eigenvalue weighted by Gasteiger charge is 2.15. The third kappa shape index (κ3) is 5.68. The summed E-state index contributed by atoms with van der Waals surface area (Å²) in [5.74, 6) is 0.401. The number of ether oxygens (including phenoxy) is 2. The van der Waals surface area contributed by atoms with Crippen LogP contribution in [-0.4, -0.2) is 17.9 Å². The van der Waals surface area contributed by atoms with E-state index in [-0.39, 0.29) is 11.4 Å². The molecule has 0 aliphatic carbocycles. The van der Waals surface area contributed by atoms with Crippen LogP contribution in [-0.2, 0) is 11.4 Å². The van der Waals surface area contributed by atoms with E-state index in [9.17, 15) is 14.9 Å². The van der Waals surface area contributed by atoms with Crippen LogP contribution in [0.1, 0.15) is 11.1 Å². The predicted octanol–water partition coefficient (Wildman–Crippen LogP) is 4.83. The van der Waals surface area contributed by atoms with Crippen LogP contribution in [0.25, 0.3) is 6.08 Å². The Morgan fingerprint density at radius 2 is 1.87 bits per heavy atom. The lowest BCUT2D eigenvalue weighted by Crippen LogP contribution is -2.08. The zero-order chi connectivity index (χ0) is 21.3. The number of hydrogen-bond donors (Lipinski definition) is 1. The average Bonchev–Trinajstić information content (AvgIpc) is 2.77. The maximum absolute atomic E-state index is 12.2. The summed E-state index contributed by atoms with van der Waals surface area (Å²) in [5.41, 5.74) is 1.93. The standard InChI is InChI=1S/C23H20N2O5/c1-29-22-12-11-19(15-21(22)25(27)28)24-23(26)13-10-17-8-5-9-20(14-17)30-16-18-6-3-2-4-7-18/h2-15H,16H2,1H3,(H,24,26)/b13-10+. The Morgan fingerprint density at radius 1 is 1.07 bits per heavy atom. The molecule has 1 amide bonds. The molecular formula is C23H20N2O5. The van der Waals surface area contributed by atoms with Gasteiger partial charge in [-0.3, -0.25) is 14.9 Å². The molecule has 0 aliphatic heterocycles. The number of rotatable bonds is 8. The summed E-state index contributed by atoms with van der Waals surface area (Å²) in [6.45, 7) is 0.449. The van der Waals surface area contributed by atoms with Crippen molar-refractivity contribution in [2.45, 2.75) is 6.61 Å². The number of nitrogens with one attached hydrogen (secondary N) is 1. The summed E-state index contributed by atoms with van der Waals surface area (Å²) in [7, 11) is 1.35. The minimum Gasteiger partial charge on any atom is -0.490 e. The molecule has 0 aromatic heterocycles. The Morgan fingerprint density at radius 3 is 2.60 bits per heavy atom. The normalized spacial score (nSPS) is 10.6. The van der Waals surface area contributed by atoms with Gasteiger partial charge in [-0.1, -0.05) is 42.5 Å². The quantitative estimate of drug-likeness (QED) is 0.330. The Bertz CT molecular complexity index is 1060. The highest BCUT2D eigenvalue weighted by atomic mass is 16.6. The van der Waals surface area contributed by atoms with E-state index in [1.807, 2.05) is 54.6 Å². The number of anilines is 1. The number of methoxy groups -OCH3 is 1. The molecule has 7 heteroatoms. The second-order valence-electron chi connectivity index (χ2n) is 6.31. The first-order valence-corrected chi connectivity index (χ1v) is 9.13. The van der Waals surface area contributed by atoms with Gasteiger partial charge in [-0.05, 0) is 41.5 Å². The van der Waals surface area contributed by atoms with Crippen LogP contribution >= 0.6 is 0 Å². The number of nitrogens with zero attached hydrogens (tertiary/aromatic N) is 1. The van der Waals surface area contributed by atoms with E-state index in [0.717, 1.165) is 11.1 Å². The van der Waals surface area contributed by atoms with Crippen LogP contribution in [0.4, 0.5) is 11.4 Å². The number of amides is 1. The van der Waals surface area contributed by atoms with Gasteiger partial charge in [0.1, 0.15) is 12.4 Å². The van der Waals surface area contributed by atoms with E-state index in [0.29, 0.717) is 18.0 Å². The molecule has 0 atom stereocenters. The minimum atomic E-state index is -0.564. The third-order valence-electron chi connectivity index (χ3n) is 4.18. The van der Waals surface area contributed by atoms with Crippen molar-refractivity contribution in [3.8, 4) is 11.5 Å². The van der Waals surface area contributed by atoms with Crippen LogP contribution in [0.5, 0.6) is 11.5 Å². The molecule has 0 radical (unpaired) electrons. The van der Waals surface area contributed by atoms with E-state index in [1.54, 1.807) is 6.08 Å². The summed E-state index contributed by atoms with van der Waals surface area (Å²) in [6, 6.07) is 21.4. The van der Waals surface area contributed by atoms with Crippen molar-refractivity contribution in [3.63, 3.8) is 0 Å². The smallest absolute Gasteiger partial charge is 0.312 e. The van der Waals surface area contributed by atoms with Crippen LogP contribution in [0.3, 0.4) is 0 Å². The van der Waals surface area contributed by atoms with Gasteiger partial charge in [-0.2, -0.15) is 0 Å². The molecular weight excluding hydrogens is 384 g/mol. The number of carbonyl (C=O) groups is 1. The van der Waals surface area contributed by atoms with E-state index in [4.69, 9.17) is 9.47 Å². The number of carbonyl (C=O) groups excluding carboxylic acids is 1. The van der Waals surface area contributed by atoms with Crippen LogP contribution in [0, 0.1) is 10.1 Å². The maximum Gasteiger partial charge on any atom is 0.312 e. The van der Waals surface area contributed by atoms with Gasteiger partial charge in [-0.15, -0.1) is 0 Å². The van der Waals surface area contributed by atoms with E-state index >= 15 is 0 Å². The second-order valence-corrected chi connectivity index (χ2v) is 6.31. The Kier molecular flexibility index (Phi) is 6.78. The molecule has 0 fully saturated rings. The van der Waals surface area contributed by atoms with Crippen molar-refractivity contribution in [1.29, 1.82) is 0 Å². The van der Waals surface area contributed by atoms with Gasteiger partial charge in [0.25, 0.3) is 0 Å². The zero-order valence-electron chi connectivity index (χ0n) is 16.3. The maximum atomic E-state index is 12.2. The number of benzene rings is 3. The molecule has 7 nitrogen and oxygen atoms in total. The molecule has 0 spiro atoms. The van der Waals surface area contributed by atoms with Crippen molar-refractivity contribution < 1.29 is 19.2 Å².